The zero-order valence-electron chi connectivity index (χ0n) is 19.6. The molecule has 1 amide bonds. The summed E-state index contributed by atoms with van der Waals surface area (Å²) >= 11 is 0. The Kier molecular flexibility index (Phi) is 13.1. The van der Waals surface area contributed by atoms with E-state index in [9.17, 15) is 9.90 Å². The van der Waals surface area contributed by atoms with Crippen LogP contribution in [-0.2, 0) is 4.79 Å². The van der Waals surface area contributed by atoms with Crippen molar-refractivity contribution in [2.45, 2.75) is 78.1 Å². The average Bonchev–Trinajstić information content (AvgIpc) is 3.05. The van der Waals surface area contributed by atoms with Gasteiger partial charge in [-0.3, -0.25) is 9.69 Å². The van der Waals surface area contributed by atoms with Crippen LogP contribution in [0.25, 0.3) is 0 Å². The summed E-state index contributed by atoms with van der Waals surface area (Å²) in [5.74, 6) is 1.21. The second-order valence-electron chi connectivity index (χ2n) is 7.67. The van der Waals surface area contributed by atoms with Gasteiger partial charge in [-0.1, -0.05) is 64.7 Å². The first-order valence-electron chi connectivity index (χ1n) is 11.1. The number of amides is 1. The fourth-order valence-corrected chi connectivity index (χ4v) is 3.61. The Bertz CT molecular complexity index is 747. The van der Waals surface area contributed by atoms with Crippen LogP contribution in [0.1, 0.15) is 78.1 Å². The van der Waals surface area contributed by atoms with E-state index in [1.54, 1.807) is 26.2 Å². The minimum absolute atomic E-state index is 0. The molecule has 7 heteroatoms. The fourth-order valence-electron chi connectivity index (χ4n) is 3.61. The summed E-state index contributed by atoms with van der Waals surface area (Å²) in [7, 11) is 1.54. The third-order valence-electron chi connectivity index (χ3n) is 5.30. The van der Waals surface area contributed by atoms with Gasteiger partial charge in [-0.05, 0) is 25.5 Å². The topological polar surface area (TPSA) is 74.2 Å². The van der Waals surface area contributed by atoms with Crippen LogP contribution in [0.3, 0.4) is 0 Å². The van der Waals surface area contributed by atoms with Crippen molar-refractivity contribution in [1.29, 1.82) is 0 Å². The van der Waals surface area contributed by atoms with E-state index in [0.717, 1.165) is 6.42 Å². The van der Waals surface area contributed by atoms with Gasteiger partial charge in [-0.15, -0.1) is 6.26 Å². The Labute approximate surface area is 198 Å². The Hall–Kier alpha value is -1.90. The monoisotopic (exact) mass is 422 g/mol. The second kappa shape index (κ2) is 15.0. The molecule has 0 aromatic heterocycles. The molecule has 0 saturated carbocycles. The Morgan fingerprint density at radius 1 is 1.03 bits per heavy atom. The van der Waals surface area contributed by atoms with Crippen molar-refractivity contribution >= 4 is 17.4 Å². The first kappa shape index (κ1) is 27.1. The molecular formula is C24H35LiN2O4. The largest absolute Gasteiger partial charge is 1.00 e. The van der Waals surface area contributed by atoms with Crippen molar-refractivity contribution < 1.29 is 38.2 Å². The molecule has 1 aliphatic rings. The minimum Gasteiger partial charge on any atom is -0.876 e. The number of carbonyl (C=O) groups excluding carboxylic acids is 1. The molecule has 0 N–H and O–H groups in total. The number of aliphatic imine (C=N–C) groups is 1. The molecule has 0 fully saturated rings. The van der Waals surface area contributed by atoms with Crippen molar-refractivity contribution in [2.24, 2.45) is 4.99 Å². The number of ether oxygens (including phenoxy) is 2. The standard InChI is InChI=1S/C24H36N2O4.Li/c1-4-5-6-7-8-9-10-11-12-13-16-30-20-14-15-22(23(17-20)29-3)26-19(2)25-21(18-27)24(26)28;/h14-15,17-18,27H,4-13,16H2,1-3H3;/q;+1/p-1/b21-18+;. The molecule has 1 aromatic rings. The van der Waals surface area contributed by atoms with E-state index in [1.165, 1.54) is 62.7 Å². The van der Waals surface area contributed by atoms with Gasteiger partial charge in [0, 0.05) is 6.07 Å². The SMILES string of the molecule is CCCCCCCCCCCCOc1ccc(N2C(=O)/C(=C\[O-])N=C2C)c(OC)c1.[Li+]. The maximum Gasteiger partial charge on any atom is 1.00 e. The molecule has 0 saturated heterocycles. The van der Waals surface area contributed by atoms with Crippen LogP contribution in [0.2, 0.25) is 0 Å². The molecule has 0 aliphatic carbocycles. The number of nitrogens with zero attached hydrogens (tertiary/aromatic N) is 2. The van der Waals surface area contributed by atoms with Crippen molar-refractivity contribution in [2.75, 3.05) is 18.6 Å². The summed E-state index contributed by atoms with van der Waals surface area (Å²) in [6, 6.07) is 5.34. The van der Waals surface area contributed by atoms with Gasteiger partial charge < -0.3 is 14.6 Å². The fraction of sp³-hybridized carbons (Fsp3) is 0.583. The summed E-state index contributed by atoms with van der Waals surface area (Å²) in [4.78, 5) is 17.7. The van der Waals surface area contributed by atoms with Crippen LogP contribution in [0.5, 0.6) is 11.5 Å². The van der Waals surface area contributed by atoms with Crippen molar-refractivity contribution in [3.8, 4) is 11.5 Å². The zero-order chi connectivity index (χ0) is 21.8. The minimum atomic E-state index is -0.445. The molecule has 0 radical (unpaired) electrons. The predicted octanol–water partition coefficient (Wildman–Crippen LogP) is 1.97. The summed E-state index contributed by atoms with van der Waals surface area (Å²) < 4.78 is 11.3. The van der Waals surface area contributed by atoms with Crippen LogP contribution in [0.15, 0.2) is 35.2 Å². The van der Waals surface area contributed by atoms with Gasteiger partial charge in [0.15, 0.2) is 0 Å². The summed E-state index contributed by atoms with van der Waals surface area (Å²) in [6.45, 7) is 4.59. The van der Waals surface area contributed by atoms with Crippen molar-refractivity contribution in [1.82, 2.24) is 0 Å². The van der Waals surface area contributed by atoms with Gasteiger partial charge in [-0.25, -0.2) is 4.99 Å². The van der Waals surface area contributed by atoms with E-state index in [0.29, 0.717) is 35.9 Å². The van der Waals surface area contributed by atoms with Gasteiger partial charge in [0.05, 0.1) is 19.4 Å². The first-order valence-corrected chi connectivity index (χ1v) is 11.1. The molecule has 1 aromatic carbocycles. The Balaban J connectivity index is 0.00000480. The van der Waals surface area contributed by atoms with E-state index in [-0.39, 0.29) is 24.6 Å². The number of amidine groups is 1. The molecule has 1 aliphatic heterocycles. The van der Waals surface area contributed by atoms with Crippen LogP contribution >= 0.6 is 0 Å². The van der Waals surface area contributed by atoms with Gasteiger partial charge in [-0.2, -0.15) is 0 Å². The molecule has 31 heavy (non-hydrogen) atoms. The molecular weight excluding hydrogens is 387 g/mol. The average molecular weight is 422 g/mol. The molecule has 1 heterocycles. The summed E-state index contributed by atoms with van der Waals surface area (Å²) in [6.07, 6.45) is 13.3. The normalized spacial score (nSPS) is 14.5. The van der Waals surface area contributed by atoms with E-state index < -0.39 is 5.91 Å². The maximum absolute atomic E-state index is 12.3. The van der Waals surface area contributed by atoms with Gasteiger partial charge in [0.1, 0.15) is 23.0 Å². The third-order valence-corrected chi connectivity index (χ3v) is 5.30. The summed E-state index contributed by atoms with van der Waals surface area (Å²) in [5.41, 5.74) is 0.447. The zero-order valence-corrected chi connectivity index (χ0v) is 19.6. The molecule has 0 atom stereocenters. The first-order chi connectivity index (χ1) is 14.6. The number of hydrogen-bond donors (Lipinski definition) is 0. The molecule has 166 valence electrons. The van der Waals surface area contributed by atoms with E-state index >= 15 is 0 Å². The number of anilines is 1. The maximum atomic E-state index is 12.3. The van der Waals surface area contributed by atoms with E-state index in [4.69, 9.17) is 9.47 Å². The number of rotatable bonds is 14. The van der Waals surface area contributed by atoms with Gasteiger partial charge in [0.25, 0.3) is 5.91 Å². The van der Waals surface area contributed by atoms with Gasteiger partial charge in [0.2, 0.25) is 0 Å². The molecule has 2 rings (SSSR count). The summed E-state index contributed by atoms with van der Waals surface area (Å²) in [5, 5.41) is 11.0. The van der Waals surface area contributed by atoms with Crippen molar-refractivity contribution in [3.05, 3.63) is 30.2 Å². The Morgan fingerprint density at radius 2 is 1.65 bits per heavy atom. The number of unbranched alkanes of at least 4 members (excludes halogenated alkanes) is 9. The second-order valence-corrected chi connectivity index (χ2v) is 7.67. The molecule has 0 unspecified atom stereocenters. The predicted molar refractivity (Wildman–Crippen MR) is 119 cm³/mol. The molecule has 0 spiro atoms. The third kappa shape index (κ3) is 8.27. The number of methoxy groups -OCH3 is 1. The van der Waals surface area contributed by atoms with Gasteiger partial charge >= 0.3 is 18.9 Å². The van der Waals surface area contributed by atoms with E-state index in [2.05, 4.69) is 11.9 Å². The number of hydrogen-bond acceptors (Lipinski definition) is 5. The Morgan fingerprint density at radius 3 is 2.19 bits per heavy atom. The van der Waals surface area contributed by atoms with Crippen LogP contribution in [0.4, 0.5) is 5.69 Å². The molecule has 6 nitrogen and oxygen atoms in total. The quantitative estimate of drug-likeness (QED) is 0.199. The van der Waals surface area contributed by atoms with Crippen LogP contribution in [-0.4, -0.2) is 25.5 Å². The van der Waals surface area contributed by atoms with Crippen LogP contribution in [0, 0.1) is 0 Å². The van der Waals surface area contributed by atoms with Crippen molar-refractivity contribution in [3.63, 3.8) is 0 Å². The number of carbonyl (C=O) groups is 1. The molecule has 0 bridgehead atoms. The number of benzene rings is 1. The smallest absolute Gasteiger partial charge is 0.876 e. The van der Waals surface area contributed by atoms with E-state index in [1.807, 2.05) is 6.07 Å². The van der Waals surface area contributed by atoms with Crippen LogP contribution < -0.4 is 38.3 Å².